The summed E-state index contributed by atoms with van der Waals surface area (Å²) in [4.78, 5) is 4.87. The Morgan fingerprint density at radius 3 is 2.61 bits per heavy atom. The summed E-state index contributed by atoms with van der Waals surface area (Å²) in [6.45, 7) is 3.05. The monoisotopic (exact) mass is 335 g/mol. The van der Waals surface area contributed by atoms with Gasteiger partial charge in [-0.25, -0.2) is 4.98 Å². The lowest BCUT2D eigenvalue weighted by molar-refractivity contribution is -0.163. The highest BCUT2D eigenvalue weighted by molar-refractivity contribution is 7.98. The van der Waals surface area contributed by atoms with Crippen LogP contribution in [0.1, 0.15) is 57.1 Å². The van der Waals surface area contributed by atoms with E-state index in [1.165, 1.54) is 19.3 Å². The van der Waals surface area contributed by atoms with Crippen molar-refractivity contribution in [1.82, 2.24) is 14.8 Å². The van der Waals surface area contributed by atoms with Crippen molar-refractivity contribution >= 4 is 11.8 Å². The average Bonchev–Trinajstić information content (AvgIpc) is 2.83. The van der Waals surface area contributed by atoms with E-state index in [4.69, 9.17) is 10.1 Å². The van der Waals surface area contributed by atoms with Gasteiger partial charge in [0.05, 0.1) is 5.60 Å². The van der Waals surface area contributed by atoms with Gasteiger partial charge in [-0.3, -0.25) is 4.68 Å². The molecule has 0 aromatic carbocycles. The number of rotatable bonds is 6. The van der Waals surface area contributed by atoms with Gasteiger partial charge < -0.3 is 5.11 Å². The molecular formula is C18H29N3OS. The second-order valence-electron chi connectivity index (χ2n) is 8.36. The Morgan fingerprint density at radius 1 is 1.26 bits per heavy atom. The summed E-state index contributed by atoms with van der Waals surface area (Å²) in [6.07, 6.45) is 11.1. The molecule has 4 aliphatic carbocycles. The first-order valence-corrected chi connectivity index (χ1v) is 10.6. The van der Waals surface area contributed by atoms with Crippen LogP contribution in [0, 0.1) is 17.3 Å². The van der Waals surface area contributed by atoms with Crippen LogP contribution in [0.4, 0.5) is 0 Å². The lowest BCUT2D eigenvalue weighted by atomic mass is 9.47. The number of aliphatic hydroxyl groups is 1. The van der Waals surface area contributed by atoms with Crippen molar-refractivity contribution in [3.63, 3.8) is 0 Å². The van der Waals surface area contributed by atoms with E-state index in [0.717, 1.165) is 67.9 Å². The minimum absolute atomic E-state index is 0.287. The zero-order valence-corrected chi connectivity index (χ0v) is 15.2. The van der Waals surface area contributed by atoms with Crippen LogP contribution in [0.3, 0.4) is 0 Å². The minimum Gasteiger partial charge on any atom is -0.390 e. The molecule has 4 fully saturated rings. The molecule has 5 rings (SSSR count). The number of nitrogens with zero attached hydrogens (tertiary/aromatic N) is 3. The number of aromatic nitrogens is 3. The Balaban J connectivity index is 1.56. The third kappa shape index (κ3) is 2.95. The molecule has 1 N–H and O–H groups in total. The van der Waals surface area contributed by atoms with Crippen molar-refractivity contribution in [3.8, 4) is 0 Å². The molecule has 0 radical (unpaired) electrons. The summed E-state index contributed by atoms with van der Waals surface area (Å²) in [5, 5.41) is 15.7. The minimum atomic E-state index is -0.372. The molecule has 2 atom stereocenters. The summed E-state index contributed by atoms with van der Waals surface area (Å²) < 4.78 is 2.11. The molecule has 0 amide bonds. The predicted molar refractivity (Wildman–Crippen MR) is 93.6 cm³/mol. The van der Waals surface area contributed by atoms with Gasteiger partial charge in [0.2, 0.25) is 0 Å². The standard InChI is InChI=1S/C18H29N3OS/c1-3-21-16(19-15(20-21)4-5-23-2)11-17-7-13-6-14(8-17)10-18(22,9-13)12-17/h13-14,22H,3-12H2,1-2H3. The topological polar surface area (TPSA) is 50.9 Å². The maximum atomic E-state index is 10.9. The molecule has 5 heteroatoms. The number of hydrogen-bond donors (Lipinski definition) is 1. The lowest BCUT2D eigenvalue weighted by Crippen LogP contribution is -2.56. The molecule has 4 bridgehead atoms. The van der Waals surface area contributed by atoms with E-state index in [0.29, 0.717) is 0 Å². The number of hydrogen-bond acceptors (Lipinski definition) is 4. The van der Waals surface area contributed by atoms with Gasteiger partial charge in [0.15, 0.2) is 5.82 Å². The van der Waals surface area contributed by atoms with E-state index in [9.17, 15) is 5.11 Å². The third-order valence-electron chi connectivity index (χ3n) is 6.31. The summed E-state index contributed by atoms with van der Waals surface area (Å²) in [5.74, 6) is 4.74. The first-order chi connectivity index (χ1) is 11.0. The van der Waals surface area contributed by atoms with E-state index in [-0.39, 0.29) is 11.0 Å². The summed E-state index contributed by atoms with van der Waals surface area (Å²) in [6, 6.07) is 0. The van der Waals surface area contributed by atoms with Gasteiger partial charge in [0.1, 0.15) is 5.82 Å². The molecule has 2 unspecified atom stereocenters. The number of thioether (sulfide) groups is 1. The Kier molecular flexibility index (Phi) is 4.00. The fourth-order valence-corrected chi connectivity index (χ4v) is 6.44. The Hall–Kier alpha value is -0.550. The highest BCUT2D eigenvalue weighted by Gasteiger charge is 2.57. The summed E-state index contributed by atoms with van der Waals surface area (Å²) in [5.41, 5.74) is -0.0849. The Bertz CT molecular complexity index is 571. The van der Waals surface area contributed by atoms with E-state index in [1.54, 1.807) is 0 Å². The van der Waals surface area contributed by atoms with Crippen molar-refractivity contribution in [2.24, 2.45) is 17.3 Å². The highest BCUT2D eigenvalue weighted by Crippen LogP contribution is 2.62. The van der Waals surface area contributed by atoms with Crippen molar-refractivity contribution in [2.75, 3.05) is 12.0 Å². The van der Waals surface area contributed by atoms with E-state index in [2.05, 4.69) is 17.9 Å². The molecule has 0 spiro atoms. The predicted octanol–water partition coefficient (Wildman–Crippen LogP) is 3.08. The zero-order chi connectivity index (χ0) is 16.1. The normalized spacial score (nSPS) is 38.4. The summed E-state index contributed by atoms with van der Waals surface area (Å²) >= 11 is 1.85. The molecule has 1 aromatic heterocycles. The van der Waals surface area contributed by atoms with Gasteiger partial charge in [-0.1, -0.05) is 0 Å². The second kappa shape index (κ2) is 5.76. The smallest absolute Gasteiger partial charge is 0.151 e. The Labute approximate surface area is 143 Å². The maximum Gasteiger partial charge on any atom is 0.151 e. The van der Waals surface area contributed by atoms with E-state index >= 15 is 0 Å². The SMILES string of the molecule is CCn1nc(CCSC)nc1CC12CC3CC(CC(O)(C3)C1)C2. The molecule has 0 saturated heterocycles. The van der Waals surface area contributed by atoms with Crippen LogP contribution in [0.2, 0.25) is 0 Å². The van der Waals surface area contributed by atoms with E-state index in [1.807, 2.05) is 11.8 Å². The molecule has 23 heavy (non-hydrogen) atoms. The van der Waals surface area contributed by atoms with Crippen LogP contribution in [0.5, 0.6) is 0 Å². The maximum absolute atomic E-state index is 10.9. The van der Waals surface area contributed by atoms with Gasteiger partial charge in [-0.15, -0.1) is 0 Å². The second-order valence-corrected chi connectivity index (χ2v) is 9.35. The van der Waals surface area contributed by atoms with Crippen LogP contribution >= 0.6 is 11.8 Å². The molecule has 4 saturated carbocycles. The van der Waals surface area contributed by atoms with Crippen molar-refractivity contribution < 1.29 is 5.11 Å². The lowest BCUT2D eigenvalue weighted by Gasteiger charge is -2.60. The first kappa shape index (κ1) is 15.9. The van der Waals surface area contributed by atoms with Crippen LogP contribution < -0.4 is 0 Å². The summed E-state index contributed by atoms with van der Waals surface area (Å²) in [7, 11) is 0. The third-order valence-corrected chi connectivity index (χ3v) is 6.92. The number of aryl methyl sites for hydroxylation is 2. The molecule has 1 aromatic rings. The quantitative estimate of drug-likeness (QED) is 0.868. The fraction of sp³-hybridized carbons (Fsp3) is 0.889. The van der Waals surface area contributed by atoms with Gasteiger partial charge >= 0.3 is 0 Å². The van der Waals surface area contributed by atoms with Crippen LogP contribution in [0.25, 0.3) is 0 Å². The van der Waals surface area contributed by atoms with Gasteiger partial charge in [-0.05, 0) is 69.0 Å². The Morgan fingerprint density at radius 2 is 2.00 bits per heavy atom. The van der Waals surface area contributed by atoms with E-state index < -0.39 is 0 Å². The fourth-order valence-electron chi connectivity index (χ4n) is 6.05. The van der Waals surface area contributed by atoms with Crippen molar-refractivity contribution in [3.05, 3.63) is 11.6 Å². The molecular weight excluding hydrogens is 306 g/mol. The van der Waals surface area contributed by atoms with Crippen LogP contribution in [-0.2, 0) is 19.4 Å². The molecule has 0 aliphatic heterocycles. The van der Waals surface area contributed by atoms with Crippen LogP contribution in [-0.4, -0.2) is 37.5 Å². The highest BCUT2D eigenvalue weighted by atomic mass is 32.2. The van der Waals surface area contributed by atoms with Gasteiger partial charge in [0.25, 0.3) is 0 Å². The largest absolute Gasteiger partial charge is 0.390 e. The first-order valence-electron chi connectivity index (χ1n) is 9.17. The van der Waals surface area contributed by atoms with Gasteiger partial charge in [0, 0.05) is 25.1 Å². The van der Waals surface area contributed by atoms with Crippen molar-refractivity contribution in [1.29, 1.82) is 0 Å². The molecule has 1 heterocycles. The van der Waals surface area contributed by atoms with Gasteiger partial charge in [-0.2, -0.15) is 16.9 Å². The average molecular weight is 336 g/mol. The molecule has 128 valence electrons. The van der Waals surface area contributed by atoms with Crippen molar-refractivity contribution in [2.45, 2.75) is 70.4 Å². The van der Waals surface area contributed by atoms with Crippen LogP contribution in [0.15, 0.2) is 0 Å². The molecule has 4 aliphatic rings. The molecule has 4 nitrogen and oxygen atoms in total. The zero-order valence-electron chi connectivity index (χ0n) is 14.4.